The number of nitrogens with zero attached hydrogens (tertiary/aromatic N) is 2. The first-order valence-electron chi connectivity index (χ1n) is 8.49. The van der Waals surface area contributed by atoms with E-state index in [1.54, 1.807) is 11.0 Å². The van der Waals surface area contributed by atoms with Gasteiger partial charge in [-0.25, -0.2) is 17.2 Å². The summed E-state index contributed by atoms with van der Waals surface area (Å²) in [7, 11) is -2.90. The van der Waals surface area contributed by atoms with Crippen LogP contribution in [0.3, 0.4) is 0 Å². The number of carbonyl (C=O) groups is 1. The predicted octanol–water partition coefficient (Wildman–Crippen LogP) is 2.51. The van der Waals surface area contributed by atoms with Crippen LogP contribution < -0.4 is 4.72 Å². The quantitative estimate of drug-likeness (QED) is 0.717. The SMILES string of the molecule is O=C(c1ccc(N[SH](=O)=O)cc1F)N1CCN(Cc2ccc(Cl)c(F)c2)CC1. The Balaban J connectivity index is 1.59. The van der Waals surface area contributed by atoms with E-state index in [4.69, 9.17) is 11.6 Å². The Kier molecular flexibility index (Phi) is 6.48. The van der Waals surface area contributed by atoms with Crippen molar-refractivity contribution in [2.45, 2.75) is 6.54 Å². The molecule has 0 atom stereocenters. The summed E-state index contributed by atoms with van der Waals surface area (Å²) in [5.74, 6) is -1.71. The summed E-state index contributed by atoms with van der Waals surface area (Å²) in [5.41, 5.74) is 0.734. The number of nitrogens with one attached hydrogen (secondary N) is 1. The fourth-order valence-electron chi connectivity index (χ4n) is 3.04. The molecule has 1 heterocycles. The van der Waals surface area contributed by atoms with Gasteiger partial charge in [0.05, 0.1) is 16.3 Å². The van der Waals surface area contributed by atoms with Crippen LogP contribution >= 0.6 is 11.6 Å². The second-order valence-electron chi connectivity index (χ2n) is 6.38. The Morgan fingerprint density at radius 3 is 2.36 bits per heavy atom. The molecule has 0 aliphatic carbocycles. The van der Waals surface area contributed by atoms with Crippen molar-refractivity contribution in [2.75, 3.05) is 30.9 Å². The highest BCUT2D eigenvalue weighted by Crippen LogP contribution is 2.19. The van der Waals surface area contributed by atoms with Crippen molar-refractivity contribution in [1.82, 2.24) is 9.80 Å². The number of hydrogen-bond donors (Lipinski definition) is 2. The molecular formula is C18H18ClF2N3O3S. The van der Waals surface area contributed by atoms with Gasteiger partial charge in [-0.2, -0.15) is 0 Å². The zero-order valence-electron chi connectivity index (χ0n) is 14.7. The van der Waals surface area contributed by atoms with E-state index < -0.39 is 28.4 Å². The van der Waals surface area contributed by atoms with E-state index in [0.29, 0.717) is 32.7 Å². The van der Waals surface area contributed by atoms with Crippen LogP contribution in [0.2, 0.25) is 5.02 Å². The minimum Gasteiger partial charge on any atom is -0.336 e. The highest BCUT2D eigenvalue weighted by Gasteiger charge is 2.24. The zero-order chi connectivity index (χ0) is 20.3. The fraction of sp³-hybridized carbons (Fsp3) is 0.278. The van der Waals surface area contributed by atoms with Crippen molar-refractivity contribution < 1.29 is 22.0 Å². The Hall–Kier alpha value is -2.23. The highest BCUT2D eigenvalue weighted by molar-refractivity contribution is 7.73. The van der Waals surface area contributed by atoms with E-state index in [1.165, 1.54) is 24.3 Å². The van der Waals surface area contributed by atoms with Gasteiger partial charge in [0.1, 0.15) is 11.6 Å². The Labute approximate surface area is 167 Å². The molecule has 1 N–H and O–H groups in total. The minimum absolute atomic E-state index is 0.0603. The summed E-state index contributed by atoms with van der Waals surface area (Å²) in [5, 5.41) is 0.0736. The second-order valence-corrected chi connectivity index (χ2v) is 7.53. The maximum Gasteiger partial charge on any atom is 0.256 e. The molecule has 1 aliphatic rings. The molecule has 10 heteroatoms. The summed E-state index contributed by atoms with van der Waals surface area (Å²) < 4.78 is 51.1. The molecule has 6 nitrogen and oxygen atoms in total. The summed E-state index contributed by atoms with van der Waals surface area (Å²) in [6.07, 6.45) is 0. The summed E-state index contributed by atoms with van der Waals surface area (Å²) in [4.78, 5) is 16.2. The molecule has 0 unspecified atom stereocenters. The first-order valence-corrected chi connectivity index (χ1v) is 10.0. The van der Waals surface area contributed by atoms with Crippen molar-refractivity contribution in [3.8, 4) is 0 Å². The van der Waals surface area contributed by atoms with Gasteiger partial charge in [0.2, 0.25) is 10.9 Å². The lowest BCUT2D eigenvalue weighted by atomic mass is 10.1. The second kappa shape index (κ2) is 8.85. The van der Waals surface area contributed by atoms with Crippen LogP contribution in [0, 0.1) is 11.6 Å². The third-order valence-corrected chi connectivity index (χ3v) is 5.22. The molecule has 28 heavy (non-hydrogen) atoms. The smallest absolute Gasteiger partial charge is 0.256 e. The number of rotatable bonds is 5. The monoisotopic (exact) mass is 429 g/mol. The van der Waals surface area contributed by atoms with Gasteiger partial charge in [0.25, 0.3) is 5.91 Å². The van der Waals surface area contributed by atoms with E-state index in [-0.39, 0.29) is 16.3 Å². The number of benzene rings is 2. The van der Waals surface area contributed by atoms with Gasteiger partial charge in [-0.1, -0.05) is 17.7 Å². The molecule has 0 radical (unpaired) electrons. The third kappa shape index (κ3) is 4.98. The zero-order valence-corrected chi connectivity index (χ0v) is 16.4. The molecule has 0 saturated carbocycles. The van der Waals surface area contributed by atoms with Gasteiger partial charge < -0.3 is 4.90 Å². The van der Waals surface area contributed by atoms with Crippen LogP contribution in [0.4, 0.5) is 14.5 Å². The predicted molar refractivity (Wildman–Crippen MR) is 103 cm³/mol. The van der Waals surface area contributed by atoms with Gasteiger partial charge in [0, 0.05) is 32.7 Å². The topological polar surface area (TPSA) is 69.7 Å². The number of anilines is 1. The minimum atomic E-state index is -2.90. The summed E-state index contributed by atoms with van der Waals surface area (Å²) >= 11 is 5.69. The molecular weight excluding hydrogens is 412 g/mol. The average molecular weight is 430 g/mol. The molecule has 0 aromatic heterocycles. The first-order chi connectivity index (χ1) is 13.3. The maximum atomic E-state index is 14.2. The summed E-state index contributed by atoms with van der Waals surface area (Å²) in [6.45, 7) is 2.46. The van der Waals surface area contributed by atoms with E-state index in [9.17, 15) is 22.0 Å². The van der Waals surface area contributed by atoms with Crippen molar-refractivity contribution in [3.05, 3.63) is 64.2 Å². The third-order valence-electron chi connectivity index (χ3n) is 4.47. The largest absolute Gasteiger partial charge is 0.336 e. The number of amides is 1. The molecule has 0 bridgehead atoms. The van der Waals surface area contributed by atoms with Crippen LogP contribution in [0.15, 0.2) is 36.4 Å². The molecule has 150 valence electrons. The molecule has 1 fully saturated rings. The molecule has 3 rings (SSSR count). The van der Waals surface area contributed by atoms with Crippen LogP contribution in [-0.4, -0.2) is 50.3 Å². The van der Waals surface area contributed by atoms with Crippen LogP contribution in [0.25, 0.3) is 0 Å². The molecule has 1 amide bonds. The van der Waals surface area contributed by atoms with Crippen molar-refractivity contribution >= 4 is 34.1 Å². The van der Waals surface area contributed by atoms with Crippen molar-refractivity contribution in [2.24, 2.45) is 0 Å². The maximum absolute atomic E-state index is 14.2. The van der Waals surface area contributed by atoms with E-state index in [2.05, 4.69) is 9.62 Å². The van der Waals surface area contributed by atoms with Gasteiger partial charge >= 0.3 is 0 Å². The lowest BCUT2D eigenvalue weighted by molar-refractivity contribution is 0.0624. The van der Waals surface area contributed by atoms with Crippen LogP contribution in [-0.2, 0) is 17.4 Å². The highest BCUT2D eigenvalue weighted by atomic mass is 35.5. The average Bonchev–Trinajstić information content (AvgIpc) is 2.64. The van der Waals surface area contributed by atoms with E-state index in [1.807, 2.05) is 0 Å². The lowest BCUT2D eigenvalue weighted by Gasteiger charge is -2.34. The van der Waals surface area contributed by atoms with Gasteiger partial charge in [-0.3, -0.25) is 14.4 Å². The molecule has 2 aromatic carbocycles. The normalized spacial score (nSPS) is 15.1. The van der Waals surface area contributed by atoms with Gasteiger partial charge in [0.15, 0.2) is 0 Å². The molecule has 1 aliphatic heterocycles. The molecule has 1 saturated heterocycles. The number of piperazine rings is 1. The van der Waals surface area contributed by atoms with Gasteiger partial charge in [-0.15, -0.1) is 0 Å². The Morgan fingerprint density at radius 1 is 1.04 bits per heavy atom. The number of carbonyl (C=O) groups excluding carboxylic acids is 1. The van der Waals surface area contributed by atoms with Crippen LogP contribution in [0.5, 0.6) is 0 Å². The Bertz CT molecular complexity index is 955. The lowest BCUT2D eigenvalue weighted by Crippen LogP contribution is -2.48. The van der Waals surface area contributed by atoms with Gasteiger partial charge in [-0.05, 0) is 35.9 Å². The van der Waals surface area contributed by atoms with E-state index in [0.717, 1.165) is 11.6 Å². The molecule has 0 spiro atoms. The molecule has 2 aromatic rings. The number of thiol groups is 1. The summed E-state index contributed by atoms with van der Waals surface area (Å²) in [6, 6.07) is 8.23. The Morgan fingerprint density at radius 2 is 1.75 bits per heavy atom. The number of halogens is 3. The first kappa shape index (κ1) is 20.5. The van der Waals surface area contributed by atoms with Crippen LogP contribution in [0.1, 0.15) is 15.9 Å². The van der Waals surface area contributed by atoms with Crippen molar-refractivity contribution in [3.63, 3.8) is 0 Å². The standard InChI is InChI=1S/C18H18ClF2N3O3S/c19-15-4-1-12(9-17(15)21)11-23-5-7-24(8-6-23)18(25)14-3-2-13(10-16(14)20)22-28(26)27/h1-4,9-10,28H,5-8,11H2,(H,22,26,27). The van der Waals surface area contributed by atoms with Crippen molar-refractivity contribution in [1.29, 1.82) is 0 Å². The number of hydrogen-bond acceptors (Lipinski definition) is 4. The van der Waals surface area contributed by atoms with E-state index >= 15 is 0 Å². The fourth-order valence-corrected chi connectivity index (χ4v) is 3.51.